The van der Waals surface area contributed by atoms with E-state index in [1.807, 2.05) is 0 Å². The molecule has 62 heavy (non-hydrogen) atoms. The average molecular weight is 1030 g/mol. The lowest BCUT2D eigenvalue weighted by Crippen LogP contribution is -3.00. The van der Waals surface area contributed by atoms with Crippen LogP contribution in [0.25, 0.3) is 0 Å². The number of allylic oxidation sites excluding steroid dienone is 2. The molecule has 0 saturated carbocycles. The fourth-order valence-corrected chi connectivity index (χ4v) is 10.1. The molecule has 1 aliphatic carbocycles. The monoisotopic (exact) mass is 1020 g/mol. The zero-order valence-corrected chi connectivity index (χ0v) is 45.1. The van der Waals surface area contributed by atoms with Crippen molar-refractivity contribution in [2.24, 2.45) is 11.8 Å². The molecule has 0 bridgehead atoms. The Morgan fingerprint density at radius 2 is 0.806 bits per heavy atom. The van der Waals surface area contributed by atoms with Crippen molar-refractivity contribution >= 4 is 35.5 Å². The summed E-state index contributed by atoms with van der Waals surface area (Å²) in [6.07, 6.45) is 24.3. The number of nitrogens with zero attached hydrogens (tertiary/aromatic N) is 2. The van der Waals surface area contributed by atoms with Crippen LogP contribution < -0.4 is 34.0 Å². The first-order chi connectivity index (χ1) is 28.8. The van der Waals surface area contributed by atoms with Crippen LogP contribution in [0.4, 0.5) is 0 Å². The Balaban J connectivity index is 0.00000961. The lowest BCUT2D eigenvalue weighted by atomic mass is 9.82. The molecule has 0 saturated heterocycles. The molecule has 6 nitrogen and oxygen atoms in total. The van der Waals surface area contributed by atoms with Crippen molar-refractivity contribution in [2.45, 2.75) is 165 Å². The molecular formula is C52H86Br2N2O4S2. The molecule has 0 aromatic heterocycles. The van der Waals surface area contributed by atoms with Gasteiger partial charge in [-0.05, 0) is 112 Å². The van der Waals surface area contributed by atoms with Crippen LogP contribution in [0, 0.1) is 11.8 Å². The molecule has 0 radical (unpaired) electrons. The highest BCUT2D eigenvalue weighted by atomic mass is 79.9. The molecule has 0 unspecified atom stereocenters. The summed E-state index contributed by atoms with van der Waals surface area (Å²) in [5.41, 5.74) is 2.74. The first-order valence-electron chi connectivity index (χ1n) is 24.0. The highest BCUT2D eigenvalue weighted by molar-refractivity contribution is 8.06. The summed E-state index contributed by atoms with van der Waals surface area (Å²) in [5, 5.41) is 0. The van der Waals surface area contributed by atoms with E-state index in [0.717, 1.165) is 88.0 Å². The predicted molar refractivity (Wildman–Crippen MR) is 257 cm³/mol. The maximum atomic E-state index is 14.0. The molecule has 1 aliphatic rings. The minimum absolute atomic E-state index is 0. The third-order valence-corrected chi connectivity index (χ3v) is 14.1. The summed E-state index contributed by atoms with van der Waals surface area (Å²) in [6.45, 7) is 7.62. The predicted octanol–water partition coefficient (Wildman–Crippen LogP) is 7.46. The number of unbranched alkanes of at least 4 members (excludes halogenated alkanes) is 14. The molecule has 0 fully saturated rings. The van der Waals surface area contributed by atoms with Gasteiger partial charge in [0.2, 0.25) is 0 Å². The van der Waals surface area contributed by atoms with Gasteiger partial charge in [-0.2, -0.15) is 0 Å². The molecule has 0 aliphatic heterocycles. The normalized spacial score (nSPS) is 15.5. The molecule has 2 aromatic rings. The van der Waals surface area contributed by atoms with Crippen LogP contribution in [0.3, 0.4) is 0 Å². The third kappa shape index (κ3) is 26.0. The van der Waals surface area contributed by atoms with Gasteiger partial charge in [-0.15, -0.1) is 0 Å². The van der Waals surface area contributed by atoms with Crippen LogP contribution in [0.15, 0.2) is 68.1 Å². The Morgan fingerprint density at radius 3 is 1.19 bits per heavy atom. The first-order valence-corrected chi connectivity index (χ1v) is 25.6. The number of carbonyl (C=O) groups is 2. The van der Waals surface area contributed by atoms with E-state index in [9.17, 15) is 9.59 Å². The number of carbonyl (C=O) groups excluding carboxylic acids is 2. The number of rotatable bonds is 32. The molecule has 2 aromatic carbocycles. The van der Waals surface area contributed by atoms with E-state index >= 15 is 0 Å². The molecule has 0 amide bonds. The van der Waals surface area contributed by atoms with Crippen LogP contribution in [0.2, 0.25) is 0 Å². The minimum atomic E-state index is -0.562. The fourth-order valence-electron chi connectivity index (χ4n) is 7.85. The highest BCUT2D eigenvalue weighted by Crippen LogP contribution is 2.49. The van der Waals surface area contributed by atoms with E-state index in [0.29, 0.717) is 26.1 Å². The summed E-state index contributed by atoms with van der Waals surface area (Å²) in [5.74, 6) is -1.63. The molecule has 354 valence electrons. The van der Waals surface area contributed by atoms with E-state index in [-0.39, 0.29) is 45.9 Å². The van der Waals surface area contributed by atoms with E-state index in [2.05, 4.69) is 105 Å². The average Bonchev–Trinajstić information content (AvgIpc) is 3.20. The Bertz CT molecular complexity index is 1520. The van der Waals surface area contributed by atoms with Crippen molar-refractivity contribution in [3.05, 3.63) is 69.5 Å². The van der Waals surface area contributed by atoms with Gasteiger partial charge < -0.3 is 52.4 Å². The van der Waals surface area contributed by atoms with Gasteiger partial charge in [-0.3, -0.25) is 9.59 Å². The third-order valence-electron chi connectivity index (χ3n) is 11.6. The second-order valence-electron chi connectivity index (χ2n) is 19.5. The summed E-state index contributed by atoms with van der Waals surface area (Å²) in [4.78, 5) is 32.7. The van der Waals surface area contributed by atoms with Gasteiger partial charge in [-0.25, -0.2) is 0 Å². The molecule has 0 N–H and O–H groups in total. The minimum Gasteiger partial charge on any atom is -1.00 e. The van der Waals surface area contributed by atoms with Gasteiger partial charge in [0.15, 0.2) is 0 Å². The van der Waals surface area contributed by atoms with E-state index in [4.69, 9.17) is 9.47 Å². The molecular weight excluding hydrogens is 941 g/mol. The Labute approximate surface area is 409 Å². The van der Waals surface area contributed by atoms with Gasteiger partial charge in [0.05, 0.1) is 80.4 Å². The summed E-state index contributed by atoms with van der Waals surface area (Å²) < 4.78 is 14.0. The molecule has 10 heteroatoms. The zero-order chi connectivity index (χ0) is 43.6. The van der Waals surface area contributed by atoms with Crippen molar-refractivity contribution in [2.75, 3.05) is 68.6 Å². The second-order valence-corrected chi connectivity index (χ2v) is 21.8. The maximum Gasteiger partial charge on any atom is 0.310 e. The molecule has 0 spiro atoms. The number of hydrogen-bond acceptors (Lipinski definition) is 6. The van der Waals surface area contributed by atoms with E-state index < -0.39 is 11.8 Å². The Kier molecular flexibility index (Phi) is 31.5. The van der Waals surface area contributed by atoms with Gasteiger partial charge in [0, 0.05) is 19.6 Å². The van der Waals surface area contributed by atoms with Crippen molar-refractivity contribution in [3.8, 4) is 0 Å². The largest absolute Gasteiger partial charge is 1.00 e. The van der Waals surface area contributed by atoms with Crippen molar-refractivity contribution < 1.29 is 62.0 Å². The number of hydrogen-bond donors (Lipinski definition) is 0. The highest BCUT2D eigenvalue weighted by Gasteiger charge is 2.41. The molecule has 2 atom stereocenters. The van der Waals surface area contributed by atoms with Crippen LogP contribution >= 0.6 is 23.5 Å². The first kappa shape index (κ1) is 58.7. The van der Waals surface area contributed by atoms with Crippen LogP contribution in [-0.2, 0) is 31.9 Å². The summed E-state index contributed by atoms with van der Waals surface area (Å²) >= 11 is 3.51. The van der Waals surface area contributed by atoms with Crippen molar-refractivity contribution in [1.82, 2.24) is 0 Å². The van der Waals surface area contributed by atoms with E-state index in [1.165, 1.54) is 93.2 Å². The van der Waals surface area contributed by atoms with E-state index in [1.54, 1.807) is 23.5 Å². The Hall–Kier alpha value is -1.30. The van der Waals surface area contributed by atoms with Crippen LogP contribution in [0.1, 0.15) is 153 Å². The summed E-state index contributed by atoms with van der Waals surface area (Å²) in [6, 6.07) is 18.0. The van der Waals surface area contributed by atoms with Crippen molar-refractivity contribution in [1.29, 1.82) is 0 Å². The number of benzene rings is 2. The Morgan fingerprint density at radius 1 is 0.484 bits per heavy atom. The smallest absolute Gasteiger partial charge is 0.310 e. The van der Waals surface area contributed by atoms with Gasteiger partial charge in [-0.1, -0.05) is 126 Å². The van der Waals surface area contributed by atoms with Crippen molar-refractivity contribution in [3.63, 3.8) is 0 Å². The SMILES string of the molecule is CCCCCCCCOC(=O)[C@H]1CC(Sc2ccc(CCCC[N+](C)(C)C)cc2)=C(Sc2ccc(CCCCCCCC)cc2)C[C@@H]1C(=O)OCCCCCC[N+](C)(C)C.[Br-].[Br-]. The quantitative estimate of drug-likeness (QED) is 0.0432. The molecule has 0 heterocycles. The lowest BCUT2D eigenvalue weighted by molar-refractivity contribution is -0.870. The number of thioether (sulfide) groups is 2. The van der Waals surface area contributed by atoms with Gasteiger partial charge >= 0.3 is 11.9 Å². The molecule has 3 rings (SSSR count). The number of esters is 2. The lowest BCUT2D eigenvalue weighted by Gasteiger charge is -2.32. The second kappa shape index (κ2) is 33.2. The number of quaternary nitrogens is 2. The number of ether oxygens (including phenoxy) is 2. The standard InChI is InChI=1S/C52H86N2O4S2.2BrH/c1-9-11-13-15-17-21-27-43-29-33-45(34-30-43)59-49-42-48(52(56)58-40-26-20-18-23-37-53(3,4)5)47(51(55)57-39-25-19-16-14-12-10-2)41-50(49)60-46-35-31-44(32-36-46)28-22-24-38-54(6,7)8;;/h29-36,47-48H,9-28,37-42H2,1-8H3;2*1H/q+2;;/p-2/t47-,48-;;/m0../s1. The van der Waals surface area contributed by atoms with Crippen LogP contribution in [0.5, 0.6) is 0 Å². The summed E-state index contributed by atoms with van der Waals surface area (Å²) in [7, 11) is 13.4. The maximum absolute atomic E-state index is 14.0. The number of halogens is 2. The van der Waals surface area contributed by atoms with Crippen LogP contribution in [-0.4, -0.2) is 89.5 Å². The number of aryl methyl sites for hydroxylation is 2. The topological polar surface area (TPSA) is 52.6 Å². The van der Waals surface area contributed by atoms with Gasteiger partial charge in [0.1, 0.15) is 0 Å². The fraction of sp³-hybridized carbons (Fsp3) is 0.692. The zero-order valence-electron chi connectivity index (χ0n) is 40.3. The van der Waals surface area contributed by atoms with Gasteiger partial charge in [0.25, 0.3) is 0 Å².